The van der Waals surface area contributed by atoms with Gasteiger partial charge in [-0.3, -0.25) is 14.5 Å². The van der Waals surface area contributed by atoms with Crippen molar-refractivity contribution in [2.45, 2.75) is 64.1 Å². The van der Waals surface area contributed by atoms with Crippen molar-refractivity contribution < 1.29 is 9.59 Å². The molecule has 5 heteroatoms. The van der Waals surface area contributed by atoms with Gasteiger partial charge in [0.15, 0.2) is 0 Å². The Morgan fingerprint density at radius 1 is 1.19 bits per heavy atom. The number of carbonyl (C=O) groups excluding carboxylic acids is 2. The van der Waals surface area contributed by atoms with E-state index in [1.54, 1.807) is 0 Å². The minimum Gasteiger partial charge on any atom is -0.344 e. The van der Waals surface area contributed by atoms with E-state index in [-0.39, 0.29) is 17.9 Å². The Morgan fingerprint density at radius 3 is 2.54 bits per heavy atom. The van der Waals surface area contributed by atoms with E-state index in [2.05, 4.69) is 48.5 Å². The van der Waals surface area contributed by atoms with Crippen LogP contribution in [0.15, 0.2) is 24.3 Å². The molecular weight excluding hydrogens is 326 g/mol. The topological polar surface area (TPSA) is 52.7 Å². The van der Waals surface area contributed by atoms with Crippen molar-refractivity contribution in [1.29, 1.82) is 0 Å². The Hall–Kier alpha value is -1.88. The second-order valence-electron chi connectivity index (χ2n) is 7.61. The van der Waals surface area contributed by atoms with E-state index in [0.29, 0.717) is 12.5 Å². The summed E-state index contributed by atoms with van der Waals surface area (Å²) in [6, 6.07) is 8.85. The Kier molecular flexibility index (Phi) is 6.30. The van der Waals surface area contributed by atoms with E-state index in [9.17, 15) is 9.59 Å². The van der Waals surface area contributed by atoms with Gasteiger partial charge in [-0.2, -0.15) is 0 Å². The monoisotopic (exact) mass is 357 g/mol. The zero-order valence-corrected chi connectivity index (χ0v) is 16.0. The van der Waals surface area contributed by atoms with Gasteiger partial charge in [0.05, 0.1) is 0 Å². The number of hydrogen-bond donors (Lipinski definition) is 1. The van der Waals surface area contributed by atoms with Gasteiger partial charge >= 0.3 is 0 Å². The molecule has 2 fully saturated rings. The van der Waals surface area contributed by atoms with Gasteiger partial charge in [-0.25, -0.2) is 0 Å². The SMILES string of the molecule is CCc1ccccc1CN(C)C1CCN(C(=O)[C@H]2CCCC(=O)N2)CC1. The van der Waals surface area contributed by atoms with Crippen LogP contribution >= 0.6 is 0 Å². The van der Waals surface area contributed by atoms with Crippen molar-refractivity contribution in [1.82, 2.24) is 15.1 Å². The molecule has 3 rings (SSSR count). The first kappa shape index (κ1) is 18.9. The molecule has 2 heterocycles. The highest BCUT2D eigenvalue weighted by Crippen LogP contribution is 2.21. The molecule has 142 valence electrons. The Bertz CT molecular complexity index is 638. The third kappa shape index (κ3) is 4.44. The molecule has 1 N–H and O–H groups in total. The summed E-state index contributed by atoms with van der Waals surface area (Å²) in [4.78, 5) is 28.6. The third-order valence-corrected chi connectivity index (χ3v) is 5.85. The molecule has 0 aromatic heterocycles. The van der Waals surface area contributed by atoms with Gasteiger partial charge in [0, 0.05) is 32.1 Å². The summed E-state index contributed by atoms with van der Waals surface area (Å²) in [5, 5.41) is 2.85. The normalized spacial score (nSPS) is 21.7. The largest absolute Gasteiger partial charge is 0.344 e. The molecule has 0 bridgehead atoms. The van der Waals surface area contributed by atoms with Crippen molar-refractivity contribution in [3.63, 3.8) is 0 Å². The zero-order chi connectivity index (χ0) is 18.5. The number of nitrogens with zero attached hydrogens (tertiary/aromatic N) is 2. The number of piperidine rings is 2. The van der Waals surface area contributed by atoms with E-state index >= 15 is 0 Å². The number of benzene rings is 1. The first-order valence-corrected chi connectivity index (χ1v) is 9.93. The maximum atomic E-state index is 12.6. The van der Waals surface area contributed by atoms with Gasteiger partial charge in [-0.1, -0.05) is 31.2 Å². The second kappa shape index (κ2) is 8.67. The fraction of sp³-hybridized carbons (Fsp3) is 0.619. The molecule has 0 aliphatic carbocycles. The van der Waals surface area contributed by atoms with Crippen LogP contribution in [-0.2, 0) is 22.6 Å². The first-order valence-electron chi connectivity index (χ1n) is 9.93. The van der Waals surface area contributed by atoms with Crippen LogP contribution in [0, 0.1) is 0 Å². The molecule has 5 nitrogen and oxygen atoms in total. The number of carbonyl (C=O) groups is 2. The van der Waals surface area contributed by atoms with Crippen molar-refractivity contribution in [2.75, 3.05) is 20.1 Å². The average Bonchev–Trinajstić information content (AvgIpc) is 2.68. The lowest BCUT2D eigenvalue weighted by atomic mass is 9.98. The highest BCUT2D eigenvalue weighted by atomic mass is 16.2. The lowest BCUT2D eigenvalue weighted by molar-refractivity contribution is -0.139. The number of aryl methyl sites for hydroxylation is 1. The smallest absolute Gasteiger partial charge is 0.245 e. The Labute approximate surface area is 156 Å². The number of nitrogens with one attached hydrogen (secondary N) is 1. The molecule has 0 spiro atoms. The van der Waals surface area contributed by atoms with E-state index in [4.69, 9.17) is 0 Å². The van der Waals surface area contributed by atoms with Gasteiger partial charge in [-0.15, -0.1) is 0 Å². The van der Waals surface area contributed by atoms with Gasteiger partial charge < -0.3 is 10.2 Å². The van der Waals surface area contributed by atoms with Crippen LogP contribution < -0.4 is 5.32 Å². The number of amides is 2. The van der Waals surface area contributed by atoms with E-state index < -0.39 is 0 Å². The molecular formula is C21H31N3O2. The summed E-state index contributed by atoms with van der Waals surface area (Å²) in [5.41, 5.74) is 2.82. The summed E-state index contributed by atoms with van der Waals surface area (Å²) >= 11 is 0. The Balaban J connectivity index is 1.51. The molecule has 0 saturated carbocycles. The zero-order valence-electron chi connectivity index (χ0n) is 16.0. The van der Waals surface area contributed by atoms with Crippen molar-refractivity contribution in [2.24, 2.45) is 0 Å². The number of likely N-dealkylation sites (tertiary alicyclic amines) is 1. The maximum Gasteiger partial charge on any atom is 0.245 e. The predicted molar refractivity (Wildman–Crippen MR) is 103 cm³/mol. The molecule has 1 atom stereocenters. The predicted octanol–water partition coefficient (Wildman–Crippen LogP) is 2.34. The number of hydrogen-bond acceptors (Lipinski definition) is 3. The van der Waals surface area contributed by atoms with Gasteiger partial charge in [0.2, 0.25) is 11.8 Å². The van der Waals surface area contributed by atoms with Gasteiger partial charge in [0.1, 0.15) is 6.04 Å². The fourth-order valence-corrected chi connectivity index (χ4v) is 4.19. The maximum absolute atomic E-state index is 12.6. The highest BCUT2D eigenvalue weighted by molar-refractivity contribution is 5.88. The minimum atomic E-state index is -0.304. The molecule has 0 radical (unpaired) electrons. The summed E-state index contributed by atoms with van der Waals surface area (Å²) in [7, 11) is 2.19. The van der Waals surface area contributed by atoms with Crippen molar-refractivity contribution in [3.8, 4) is 0 Å². The van der Waals surface area contributed by atoms with E-state index in [0.717, 1.165) is 51.7 Å². The van der Waals surface area contributed by atoms with Crippen LogP contribution in [0.2, 0.25) is 0 Å². The van der Waals surface area contributed by atoms with Gasteiger partial charge in [0.25, 0.3) is 0 Å². The standard InChI is InChI=1S/C21H31N3O2/c1-3-16-7-4-5-8-17(16)15-23(2)18-11-13-24(14-12-18)21(26)19-9-6-10-20(25)22-19/h4-5,7-8,18-19H,3,6,9-15H2,1-2H3,(H,22,25)/t19-/m1/s1. The van der Waals surface area contributed by atoms with E-state index in [1.807, 2.05) is 4.90 Å². The first-order chi connectivity index (χ1) is 12.6. The number of rotatable bonds is 5. The summed E-state index contributed by atoms with van der Waals surface area (Å²) < 4.78 is 0. The molecule has 2 aliphatic heterocycles. The molecule has 2 saturated heterocycles. The van der Waals surface area contributed by atoms with Crippen LogP contribution in [0.1, 0.15) is 50.2 Å². The van der Waals surface area contributed by atoms with Crippen LogP contribution in [0.25, 0.3) is 0 Å². The average molecular weight is 357 g/mol. The van der Waals surface area contributed by atoms with Crippen LogP contribution in [0.4, 0.5) is 0 Å². The highest BCUT2D eigenvalue weighted by Gasteiger charge is 2.31. The fourth-order valence-electron chi connectivity index (χ4n) is 4.19. The quantitative estimate of drug-likeness (QED) is 0.880. The summed E-state index contributed by atoms with van der Waals surface area (Å²) in [6.45, 7) is 4.74. The molecule has 2 amide bonds. The second-order valence-corrected chi connectivity index (χ2v) is 7.61. The molecule has 1 aromatic rings. The van der Waals surface area contributed by atoms with Crippen LogP contribution in [0.3, 0.4) is 0 Å². The lowest BCUT2D eigenvalue weighted by Crippen LogP contribution is -2.53. The van der Waals surface area contributed by atoms with Crippen molar-refractivity contribution >= 4 is 11.8 Å². The summed E-state index contributed by atoms with van der Waals surface area (Å²) in [5.74, 6) is 0.120. The third-order valence-electron chi connectivity index (χ3n) is 5.85. The summed E-state index contributed by atoms with van der Waals surface area (Å²) in [6.07, 6.45) is 5.20. The van der Waals surface area contributed by atoms with Crippen molar-refractivity contribution in [3.05, 3.63) is 35.4 Å². The molecule has 2 aliphatic rings. The molecule has 0 unspecified atom stereocenters. The van der Waals surface area contributed by atoms with Crippen LogP contribution in [-0.4, -0.2) is 53.8 Å². The lowest BCUT2D eigenvalue weighted by Gasteiger charge is -2.38. The Morgan fingerprint density at radius 2 is 1.88 bits per heavy atom. The molecule has 1 aromatic carbocycles. The van der Waals surface area contributed by atoms with Crippen LogP contribution in [0.5, 0.6) is 0 Å². The molecule has 26 heavy (non-hydrogen) atoms. The van der Waals surface area contributed by atoms with E-state index in [1.165, 1.54) is 11.1 Å². The van der Waals surface area contributed by atoms with Gasteiger partial charge in [-0.05, 0) is 50.3 Å². The minimum absolute atomic E-state index is 0.0128.